The van der Waals surface area contributed by atoms with Crippen LogP contribution in [-0.2, 0) is 9.59 Å². The first-order chi connectivity index (χ1) is 7.88. The first-order valence-electron chi connectivity index (χ1n) is 5.41. The fourth-order valence-corrected chi connectivity index (χ4v) is 1.23. The molecule has 98 valence electrons. The van der Waals surface area contributed by atoms with Gasteiger partial charge >= 0.3 is 12.0 Å². The molecule has 4 N–H and O–H groups in total. The van der Waals surface area contributed by atoms with Crippen molar-refractivity contribution in [2.24, 2.45) is 5.73 Å². The van der Waals surface area contributed by atoms with E-state index in [2.05, 4.69) is 5.32 Å². The Morgan fingerprint density at radius 3 is 2.41 bits per heavy atom. The summed E-state index contributed by atoms with van der Waals surface area (Å²) in [5, 5.41) is 11.2. The lowest BCUT2D eigenvalue weighted by molar-refractivity contribution is -0.139. The maximum atomic E-state index is 11.5. The maximum Gasteiger partial charge on any atom is 0.326 e. The summed E-state index contributed by atoms with van der Waals surface area (Å²) < 4.78 is 0. The van der Waals surface area contributed by atoms with Gasteiger partial charge in [0.15, 0.2) is 0 Å². The number of rotatable bonds is 7. The zero-order valence-electron chi connectivity index (χ0n) is 10.1. The van der Waals surface area contributed by atoms with Gasteiger partial charge in [0.2, 0.25) is 5.91 Å². The predicted molar refractivity (Wildman–Crippen MR) is 61.3 cm³/mol. The normalized spacial score (nSPS) is 11.6. The lowest BCUT2D eigenvalue weighted by Crippen LogP contribution is -2.48. The number of carboxylic acids is 1. The molecule has 0 aromatic rings. The topological polar surface area (TPSA) is 113 Å². The highest BCUT2D eigenvalue weighted by molar-refractivity contribution is 5.85. The highest BCUT2D eigenvalue weighted by Crippen LogP contribution is 2.01. The first-order valence-corrected chi connectivity index (χ1v) is 5.41. The fourth-order valence-electron chi connectivity index (χ4n) is 1.23. The van der Waals surface area contributed by atoms with Gasteiger partial charge in [0, 0.05) is 7.05 Å². The lowest BCUT2D eigenvalue weighted by atomic mass is 10.1. The van der Waals surface area contributed by atoms with Crippen LogP contribution in [0.25, 0.3) is 0 Å². The predicted octanol–water partition coefficient (Wildman–Crippen LogP) is -0.243. The van der Waals surface area contributed by atoms with Crippen molar-refractivity contribution in [3.63, 3.8) is 0 Å². The molecule has 7 nitrogen and oxygen atoms in total. The van der Waals surface area contributed by atoms with Crippen LogP contribution in [0.1, 0.15) is 26.2 Å². The van der Waals surface area contributed by atoms with Crippen LogP contribution in [0.4, 0.5) is 4.79 Å². The van der Waals surface area contributed by atoms with Crippen molar-refractivity contribution in [1.29, 1.82) is 0 Å². The second kappa shape index (κ2) is 7.48. The van der Waals surface area contributed by atoms with Gasteiger partial charge in [-0.1, -0.05) is 19.8 Å². The molecule has 0 aromatic carbocycles. The Labute approximate surface area is 100.0 Å². The molecule has 17 heavy (non-hydrogen) atoms. The summed E-state index contributed by atoms with van der Waals surface area (Å²) in [6.07, 6.45) is 1.91. The zero-order chi connectivity index (χ0) is 13.4. The van der Waals surface area contributed by atoms with Crippen molar-refractivity contribution < 1.29 is 19.5 Å². The lowest BCUT2D eigenvalue weighted by Gasteiger charge is -2.20. The maximum absolute atomic E-state index is 11.5. The molecule has 0 fully saturated rings. The van der Waals surface area contributed by atoms with Crippen molar-refractivity contribution >= 4 is 17.9 Å². The molecule has 0 heterocycles. The van der Waals surface area contributed by atoms with E-state index < -0.39 is 23.9 Å². The van der Waals surface area contributed by atoms with Crippen molar-refractivity contribution in [2.45, 2.75) is 32.2 Å². The number of unbranched alkanes of at least 4 members (excludes halogenated alkanes) is 1. The molecule has 0 aromatic heterocycles. The molecule has 3 amide bonds. The van der Waals surface area contributed by atoms with E-state index in [0.29, 0.717) is 12.8 Å². The van der Waals surface area contributed by atoms with E-state index in [1.165, 1.54) is 7.05 Å². The van der Waals surface area contributed by atoms with Crippen LogP contribution in [0.3, 0.4) is 0 Å². The van der Waals surface area contributed by atoms with Crippen molar-refractivity contribution in [3.8, 4) is 0 Å². The molecule has 0 aliphatic carbocycles. The molecule has 7 heteroatoms. The molecule has 0 aliphatic heterocycles. The Hall–Kier alpha value is -1.79. The van der Waals surface area contributed by atoms with Gasteiger partial charge in [0.05, 0.1) is 0 Å². The number of hydrogen-bond acceptors (Lipinski definition) is 3. The van der Waals surface area contributed by atoms with Gasteiger partial charge < -0.3 is 21.1 Å². The number of urea groups is 1. The van der Waals surface area contributed by atoms with Gasteiger partial charge in [-0.25, -0.2) is 9.59 Å². The van der Waals surface area contributed by atoms with Gasteiger partial charge in [0.25, 0.3) is 0 Å². The number of hydrogen-bond donors (Lipinski definition) is 3. The van der Waals surface area contributed by atoms with Gasteiger partial charge in [-0.05, 0) is 6.42 Å². The summed E-state index contributed by atoms with van der Waals surface area (Å²) in [4.78, 5) is 34.0. The average molecular weight is 245 g/mol. The molecule has 1 atom stereocenters. The molecule has 0 saturated heterocycles. The molecular weight excluding hydrogens is 226 g/mol. The van der Waals surface area contributed by atoms with E-state index >= 15 is 0 Å². The van der Waals surface area contributed by atoms with E-state index in [4.69, 9.17) is 10.8 Å². The van der Waals surface area contributed by atoms with Crippen molar-refractivity contribution in [2.75, 3.05) is 13.6 Å². The number of carbonyl (C=O) groups excluding carboxylic acids is 2. The van der Waals surface area contributed by atoms with Crippen LogP contribution >= 0.6 is 0 Å². The van der Waals surface area contributed by atoms with Gasteiger partial charge in [0.1, 0.15) is 12.6 Å². The van der Waals surface area contributed by atoms with E-state index in [0.717, 1.165) is 11.3 Å². The Morgan fingerprint density at radius 2 is 2.00 bits per heavy atom. The minimum Gasteiger partial charge on any atom is -0.480 e. The van der Waals surface area contributed by atoms with Crippen LogP contribution in [0.15, 0.2) is 0 Å². The quantitative estimate of drug-likeness (QED) is 0.574. The Morgan fingerprint density at radius 1 is 1.41 bits per heavy atom. The molecule has 0 bridgehead atoms. The number of nitrogens with two attached hydrogens (primary N) is 1. The largest absolute Gasteiger partial charge is 0.480 e. The Balaban J connectivity index is 4.29. The summed E-state index contributed by atoms with van der Waals surface area (Å²) >= 11 is 0. The SMILES string of the molecule is CCCCC(NC(=O)N(C)CC(N)=O)C(=O)O. The van der Waals surface area contributed by atoms with E-state index in [1.807, 2.05) is 6.92 Å². The molecular formula is C10H19N3O4. The molecule has 0 saturated carbocycles. The highest BCUT2D eigenvalue weighted by Gasteiger charge is 2.21. The monoisotopic (exact) mass is 245 g/mol. The van der Waals surface area contributed by atoms with Crippen LogP contribution < -0.4 is 11.1 Å². The van der Waals surface area contributed by atoms with Gasteiger partial charge in [-0.15, -0.1) is 0 Å². The number of carbonyl (C=O) groups is 3. The number of nitrogens with one attached hydrogen (secondary N) is 1. The zero-order valence-corrected chi connectivity index (χ0v) is 10.1. The van der Waals surface area contributed by atoms with Crippen LogP contribution in [0.5, 0.6) is 0 Å². The third-order valence-corrected chi connectivity index (χ3v) is 2.18. The molecule has 0 rings (SSSR count). The third-order valence-electron chi connectivity index (χ3n) is 2.18. The number of carboxylic acid groups (broad SMARTS) is 1. The second-order valence-corrected chi connectivity index (χ2v) is 3.80. The summed E-state index contributed by atoms with van der Waals surface area (Å²) in [6.45, 7) is 1.69. The molecule has 0 radical (unpaired) electrons. The average Bonchev–Trinajstić information content (AvgIpc) is 2.22. The first kappa shape index (κ1) is 15.2. The molecule has 1 unspecified atom stereocenters. The van der Waals surface area contributed by atoms with Crippen LogP contribution in [0, 0.1) is 0 Å². The number of aliphatic carboxylic acids is 1. The number of primary amides is 1. The summed E-state index contributed by atoms with van der Waals surface area (Å²) in [6, 6.07) is -1.55. The minimum absolute atomic E-state index is 0.244. The van der Waals surface area contributed by atoms with Crippen molar-refractivity contribution in [3.05, 3.63) is 0 Å². The Bertz CT molecular complexity index is 293. The molecule has 0 spiro atoms. The van der Waals surface area contributed by atoms with Crippen LogP contribution in [0.2, 0.25) is 0 Å². The summed E-state index contributed by atoms with van der Waals surface area (Å²) in [5.74, 6) is -1.73. The summed E-state index contributed by atoms with van der Waals surface area (Å²) in [5.41, 5.74) is 4.93. The Kier molecular flexibility index (Phi) is 6.69. The van der Waals surface area contributed by atoms with Crippen molar-refractivity contribution in [1.82, 2.24) is 10.2 Å². The number of nitrogens with zero attached hydrogens (tertiary/aromatic N) is 1. The fraction of sp³-hybridized carbons (Fsp3) is 0.700. The number of amides is 3. The van der Waals surface area contributed by atoms with E-state index in [9.17, 15) is 14.4 Å². The molecule has 0 aliphatic rings. The summed E-state index contributed by atoms with van der Waals surface area (Å²) in [7, 11) is 1.37. The standard InChI is InChI=1S/C10H19N3O4/c1-3-4-5-7(9(15)16)12-10(17)13(2)6-8(11)14/h7H,3-6H2,1-2H3,(H2,11,14)(H,12,17)(H,15,16). The third kappa shape index (κ3) is 6.39. The highest BCUT2D eigenvalue weighted by atomic mass is 16.4. The minimum atomic E-state index is -1.08. The van der Waals surface area contributed by atoms with Crippen LogP contribution in [-0.4, -0.2) is 47.5 Å². The van der Waals surface area contributed by atoms with Gasteiger partial charge in [-0.2, -0.15) is 0 Å². The second-order valence-electron chi connectivity index (χ2n) is 3.80. The smallest absolute Gasteiger partial charge is 0.326 e. The van der Waals surface area contributed by atoms with E-state index in [-0.39, 0.29) is 6.54 Å². The number of likely N-dealkylation sites (N-methyl/N-ethyl adjacent to an activating group) is 1. The van der Waals surface area contributed by atoms with E-state index in [1.54, 1.807) is 0 Å². The van der Waals surface area contributed by atoms with Gasteiger partial charge in [-0.3, -0.25) is 4.79 Å².